The van der Waals surface area contributed by atoms with Crippen molar-refractivity contribution in [2.24, 2.45) is 11.8 Å². The fraction of sp³-hybridized carbons (Fsp3) is 0.400. The van der Waals surface area contributed by atoms with Gasteiger partial charge in [-0.3, -0.25) is 4.90 Å². The van der Waals surface area contributed by atoms with Gasteiger partial charge < -0.3 is 10.2 Å². The lowest BCUT2D eigenvalue weighted by molar-refractivity contribution is -0.0562. The Morgan fingerprint density at radius 3 is 2.68 bits per heavy atom. The number of phenols is 1. The van der Waals surface area contributed by atoms with Gasteiger partial charge in [0, 0.05) is 23.5 Å². The highest BCUT2D eigenvalue weighted by Crippen LogP contribution is 2.43. The van der Waals surface area contributed by atoms with Gasteiger partial charge in [0.2, 0.25) is 0 Å². The first-order valence-corrected chi connectivity index (χ1v) is 11.7. The number of aromatic hydroxyl groups is 1. The molecule has 0 saturated carbocycles. The second-order valence-corrected chi connectivity index (χ2v) is 9.70. The number of halogens is 2. The largest absolute Gasteiger partial charge is 0.508 e. The molecule has 6 heteroatoms. The minimum absolute atomic E-state index is 0.0798. The van der Waals surface area contributed by atoms with Crippen LogP contribution in [0.2, 0.25) is 10.0 Å². The average Bonchev–Trinajstić information content (AvgIpc) is 2.79. The van der Waals surface area contributed by atoms with E-state index >= 15 is 0 Å². The highest BCUT2D eigenvalue weighted by Gasteiger charge is 2.42. The zero-order chi connectivity index (χ0) is 21.7. The van der Waals surface area contributed by atoms with Crippen LogP contribution in [0.5, 0.6) is 5.75 Å². The summed E-state index contributed by atoms with van der Waals surface area (Å²) in [5.74, 6) is 1.56. The number of hydrogen-bond donors (Lipinski definition) is 2. The van der Waals surface area contributed by atoms with Gasteiger partial charge in [0.25, 0.3) is 0 Å². The summed E-state index contributed by atoms with van der Waals surface area (Å²) in [5, 5.41) is 23.5. The first-order valence-electron chi connectivity index (χ1n) is 11.0. The van der Waals surface area contributed by atoms with Crippen LogP contribution >= 0.6 is 23.2 Å². The first-order chi connectivity index (χ1) is 14.9. The summed E-state index contributed by atoms with van der Waals surface area (Å²) < 4.78 is 0. The molecule has 0 radical (unpaired) electrons. The van der Waals surface area contributed by atoms with E-state index in [1.165, 1.54) is 12.8 Å². The van der Waals surface area contributed by atoms with E-state index in [1.54, 1.807) is 30.3 Å². The smallest absolute Gasteiger partial charge is 0.116 e. The van der Waals surface area contributed by atoms with Crippen molar-refractivity contribution >= 4 is 34.1 Å². The number of aliphatic hydroxyl groups is 1. The first kappa shape index (κ1) is 21.0. The number of rotatable bonds is 4. The summed E-state index contributed by atoms with van der Waals surface area (Å²) in [4.78, 5) is 7.23. The average molecular weight is 457 g/mol. The van der Waals surface area contributed by atoms with Crippen LogP contribution in [0.3, 0.4) is 0 Å². The van der Waals surface area contributed by atoms with Gasteiger partial charge in [0.15, 0.2) is 0 Å². The fourth-order valence-electron chi connectivity index (χ4n) is 5.47. The molecule has 2 N–H and O–H groups in total. The van der Waals surface area contributed by atoms with Crippen LogP contribution in [0.15, 0.2) is 42.5 Å². The van der Waals surface area contributed by atoms with Crippen molar-refractivity contribution in [1.82, 2.24) is 9.88 Å². The molecule has 0 amide bonds. The summed E-state index contributed by atoms with van der Waals surface area (Å²) in [6, 6.07) is 12.6. The lowest BCUT2D eigenvalue weighted by Crippen LogP contribution is -2.55. The van der Waals surface area contributed by atoms with Crippen LogP contribution < -0.4 is 0 Å². The maximum atomic E-state index is 11.6. The summed E-state index contributed by atoms with van der Waals surface area (Å²) in [6.45, 7) is 4.36. The summed E-state index contributed by atoms with van der Waals surface area (Å²) in [7, 11) is 0. The lowest BCUT2D eigenvalue weighted by atomic mass is 9.72. The van der Waals surface area contributed by atoms with E-state index in [9.17, 15) is 10.2 Å². The number of fused-ring (bicyclic) bond motifs is 4. The van der Waals surface area contributed by atoms with E-state index in [1.807, 2.05) is 12.1 Å². The number of hydrogen-bond acceptors (Lipinski definition) is 4. The Morgan fingerprint density at radius 2 is 1.97 bits per heavy atom. The zero-order valence-corrected chi connectivity index (χ0v) is 18.9. The Bertz CT molecular complexity index is 1140. The Balaban J connectivity index is 1.60. The van der Waals surface area contributed by atoms with Crippen LogP contribution in [0.1, 0.15) is 37.9 Å². The van der Waals surface area contributed by atoms with Crippen LogP contribution in [-0.4, -0.2) is 39.2 Å². The number of nitrogens with zero attached hydrogens (tertiary/aromatic N) is 2. The highest BCUT2D eigenvalue weighted by atomic mass is 35.5. The van der Waals surface area contributed by atoms with Crippen molar-refractivity contribution < 1.29 is 10.2 Å². The Kier molecular flexibility index (Phi) is 5.59. The molecule has 4 nitrogen and oxygen atoms in total. The molecule has 3 aromatic rings. The molecular formula is C25H26Cl2N2O2. The topological polar surface area (TPSA) is 56.6 Å². The van der Waals surface area contributed by atoms with Gasteiger partial charge in [0.1, 0.15) is 5.75 Å². The number of aromatic nitrogens is 1. The Labute approximate surface area is 192 Å². The van der Waals surface area contributed by atoms with Gasteiger partial charge >= 0.3 is 0 Å². The zero-order valence-electron chi connectivity index (χ0n) is 17.4. The van der Waals surface area contributed by atoms with Crippen molar-refractivity contribution in [2.45, 2.75) is 38.3 Å². The number of pyridine rings is 1. The van der Waals surface area contributed by atoms with Crippen molar-refractivity contribution in [3.8, 4) is 17.0 Å². The Hall–Kier alpha value is -1.85. The van der Waals surface area contributed by atoms with Crippen LogP contribution in [0, 0.1) is 11.8 Å². The van der Waals surface area contributed by atoms with Crippen molar-refractivity contribution in [2.75, 3.05) is 13.1 Å². The maximum Gasteiger partial charge on any atom is 0.116 e. The predicted octanol–water partition coefficient (Wildman–Crippen LogP) is 6.07. The molecule has 1 aromatic heterocycles. The number of benzene rings is 2. The molecule has 3 saturated heterocycles. The van der Waals surface area contributed by atoms with Gasteiger partial charge in [-0.05, 0) is 73.2 Å². The van der Waals surface area contributed by atoms with E-state index in [-0.39, 0.29) is 11.8 Å². The molecule has 5 atom stereocenters. The summed E-state index contributed by atoms with van der Waals surface area (Å²) in [5.41, 5.74) is 3.10. The molecule has 2 bridgehead atoms. The highest BCUT2D eigenvalue weighted by molar-refractivity contribution is 6.42. The van der Waals surface area contributed by atoms with Crippen molar-refractivity contribution in [1.29, 1.82) is 0 Å². The van der Waals surface area contributed by atoms with Gasteiger partial charge in [0.05, 0.1) is 27.4 Å². The molecule has 162 valence electrons. The SMILES string of the molecule is CC[C@H]1CN2CC[C@@H]1C[C@H]2[C@H](O)c1cc(-c2ccc(Cl)c(Cl)c2)nc2ccc(O)cc12. The third kappa shape index (κ3) is 3.80. The molecular weight excluding hydrogens is 431 g/mol. The molecule has 31 heavy (non-hydrogen) atoms. The fourth-order valence-corrected chi connectivity index (χ4v) is 5.76. The number of phenolic OH excluding ortho intramolecular Hbond substituents is 1. The molecule has 2 aromatic carbocycles. The molecule has 0 aliphatic carbocycles. The Morgan fingerprint density at radius 1 is 1.13 bits per heavy atom. The third-order valence-corrected chi connectivity index (χ3v) is 7.92. The molecule has 0 spiro atoms. The van der Waals surface area contributed by atoms with Gasteiger partial charge in [-0.1, -0.05) is 42.6 Å². The predicted molar refractivity (Wildman–Crippen MR) is 126 cm³/mol. The van der Waals surface area contributed by atoms with E-state index in [0.29, 0.717) is 16.0 Å². The van der Waals surface area contributed by atoms with E-state index in [4.69, 9.17) is 28.2 Å². The van der Waals surface area contributed by atoms with Crippen LogP contribution in [-0.2, 0) is 0 Å². The molecule has 4 heterocycles. The standard InChI is InChI=1S/C25H26Cl2N2O2/c1-2-14-13-29-8-7-15(14)10-24(29)25(31)19-12-23(16-3-5-20(26)21(27)9-16)28-22-6-4-17(30)11-18(19)22/h3-6,9,11-12,14-15,24-25,30-31H,2,7-8,10,13H2,1H3/t14-,15+,24-,25+/m0/s1. The van der Waals surface area contributed by atoms with Crippen LogP contribution in [0.4, 0.5) is 0 Å². The van der Waals surface area contributed by atoms with Gasteiger partial charge in [-0.15, -0.1) is 0 Å². The van der Waals surface area contributed by atoms with Gasteiger partial charge in [-0.25, -0.2) is 4.98 Å². The lowest BCUT2D eigenvalue weighted by Gasteiger charge is -2.51. The van der Waals surface area contributed by atoms with E-state index in [2.05, 4.69) is 11.8 Å². The minimum Gasteiger partial charge on any atom is -0.508 e. The maximum absolute atomic E-state index is 11.6. The van der Waals surface area contributed by atoms with E-state index in [0.717, 1.165) is 53.2 Å². The van der Waals surface area contributed by atoms with Crippen LogP contribution in [0.25, 0.3) is 22.2 Å². The normalized spacial score (nSPS) is 26.3. The monoisotopic (exact) mass is 456 g/mol. The molecule has 3 aliphatic rings. The molecule has 3 aliphatic heterocycles. The van der Waals surface area contributed by atoms with Crippen molar-refractivity contribution in [3.05, 3.63) is 58.1 Å². The van der Waals surface area contributed by atoms with Gasteiger partial charge in [-0.2, -0.15) is 0 Å². The van der Waals surface area contributed by atoms with E-state index < -0.39 is 6.10 Å². The quantitative estimate of drug-likeness (QED) is 0.500. The number of aliphatic hydroxyl groups excluding tert-OH is 1. The second-order valence-electron chi connectivity index (χ2n) is 8.89. The van der Waals surface area contributed by atoms with Crippen molar-refractivity contribution in [3.63, 3.8) is 0 Å². The summed E-state index contributed by atoms with van der Waals surface area (Å²) in [6.07, 6.45) is 2.75. The minimum atomic E-state index is -0.658. The molecule has 3 fully saturated rings. The molecule has 1 unspecified atom stereocenters. The second kappa shape index (κ2) is 8.25. The third-order valence-electron chi connectivity index (χ3n) is 7.18. The number of piperidine rings is 3. The molecule has 6 rings (SSSR count). The summed E-state index contributed by atoms with van der Waals surface area (Å²) >= 11 is 12.3.